The van der Waals surface area contributed by atoms with E-state index < -0.39 is 0 Å². The maximum atomic E-state index is 4.82. The number of fused-ring (bicyclic) bond motifs is 4. The number of para-hydroxylation sites is 1. The van der Waals surface area contributed by atoms with Crippen LogP contribution in [0.5, 0.6) is 0 Å². The third-order valence-electron chi connectivity index (χ3n) is 4.56. The van der Waals surface area contributed by atoms with Crippen molar-refractivity contribution < 1.29 is 0 Å². The fourth-order valence-electron chi connectivity index (χ4n) is 3.48. The predicted molar refractivity (Wildman–Crippen MR) is 97.8 cm³/mol. The Hall–Kier alpha value is -2.47. The molecule has 0 spiro atoms. The Morgan fingerprint density at radius 1 is 1.08 bits per heavy atom. The minimum atomic E-state index is 0.624. The van der Waals surface area contributed by atoms with Gasteiger partial charge in [-0.1, -0.05) is 34.1 Å². The monoisotopic (exact) mass is 379 g/mol. The van der Waals surface area contributed by atoms with Crippen LogP contribution in [-0.4, -0.2) is 26.1 Å². The first kappa shape index (κ1) is 13.9. The second-order valence-electron chi connectivity index (χ2n) is 5.98. The topological polar surface area (TPSA) is 46.3 Å². The Morgan fingerprint density at radius 3 is 2.96 bits per heavy atom. The molecule has 0 amide bonds. The average Bonchev–Trinajstić information content (AvgIpc) is 3.09. The Kier molecular flexibility index (Phi) is 3.06. The summed E-state index contributed by atoms with van der Waals surface area (Å²) < 4.78 is 2.96. The summed E-state index contributed by atoms with van der Waals surface area (Å²) in [6, 6.07) is 14.8. The third kappa shape index (κ3) is 2.03. The van der Waals surface area contributed by atoms with Gasteiger partial charge in [0, 0.05) is 22.1 Å². The van der Waals surface area contributed by atoms with Crippen LogP contribution in [0.15, 0.2) is 53.3 Å². The van der Waals surface area contributed by atoms with Gasteiger partial charge in [0.1, 0.15) is 12.1 Å². The number of aromatic nitrogens is 4. The van der Waals surface area contributed by atoms with E-state index in [1.54, 1.807) is 6.33 Å². The number of hydrogen-bond acceptors (Lipinski definition) is 4. The minimum Gasteiger partial charge on any atom is -0.325 e. The Balaban J connectivity index is 1.83. The summed E-state index contributed by atoms with van der Waals surface area (Å²) in [4.78, 5) is 7.12. The minimum absolute atomic E-state index is 0.624. The molecule has 3 heterocycles. The van der Waals surface area contributed by atoms with Gasteiger partial charge in [-0.25, -0.2) is 0 Å². The highest BCUT2D eigenvalue weighted by Gasteiger charge is 2.22. The molecular formula is C18H14BrN5. The van der Waals surface area contributed by atoms with E-state index in [2.05, 4.69) is 73.5 Å². The van der Waals surface area contributed by atoms with Crippen LogP contribution >= 0.6 is 15.9 Å². The first-order chi connectivity index (χ1) is 11.8. The Labute approximate surface area is 147 Å². The van der Waals surface area contributed by atoms with E-state index in [1.165, 1.54) is 11.3 Å². The number of benzene rings is 2. The molecule has 6 heteroatoms. The first-order valence-electron chi connectivity index (χ1n) is 7.96. The highest BCUT2D eigenvalue weighted by molar-refractivity contribution is 9.10. The molecule has 0 saturated carbocycles. The van der Waals surface area contributed by atoms with Gasteiger partial charge in [-0.05, 0) is 42.7 Å². The molecule has 0 N–H and O–H groups in total. The zero-order valence-corrected chi connectivity index (χ0v) is 14.4. The molecule has 0 unspecified atom stereocenters. The largest absolute Gasteiger partial charge is 0.325 e. The standard InChI is InChI=1S/C18H14BrN5/c19-13-7-8-14-16(10-13)24-11-20-22-18(24)21-17(14)23-9-3-5-12-4-1-2-6-15(12)23/h1-2,4,6-8,10-11H,3,5,9H2. The lowest BCUT2D eigenvalue weighted by Crippen LogP contribution is -2.25. The fourth-order valence-corrected chi connectivity index (χ4v) is 3.83. The average molecular weight is 380 g/mol. The highest BCUT2D eigenvalue weighted by Crippen LogP contribution is 2.36. The second kappa shape index (κ2) is 5.27. The highest BCUT2D eigenvalue weighted by atomic mass is 79.9. The molecule has 0 atom stereocenters. The molecule has 2 aromatic carbocycles. The van der Waals surface area contributed by atoms with Crippen molar-refractivity contribution in [3.05, 3.63) is 58.8 Å². The van der Waals surface area contributed by atoms with Crippen LogP contribution in [0.25, 0.3) is 16.7 Å². The lowest BCUT2D eigenvalue weighted by Gasteiger charge is -2.31. The summed E-state index contributed by atoms with van der Waals surface area (Å²) in [5.41, 5.74) is 3.67. The molecule has 0 fully saturated rings. The normalized spacial score (nSPS) is 14.3. The van der Waals surface area contributed by atoms with E-state index in [-0.39, 0.29) is 0 Å². The number of rotatable bonds is 1. The van der Waals surface area contributed by atoms with E-state index in [9.17, 15) is 0 Å². The van der Waals surface area contributed by atoms with Crippen molar-refractivity contribution in [2.24, 2.45) is 0 Å². The summed E-state index contributed by atoms with van der Waals surface area (Å²) in [7, 11) is 0. The maximum absolute atomic E-state index is 4.82. The quantitative estimate of drug-likeness (QED) is 0.498. The van der Waals surface area contributed by atoms with Crippen molar-refractivity contribution in [2.45, 2.75) is 12.8 Å². The van der Waals surface area contributed by atoms with Crippen LogP contribution < -0.4 is 4.90 Å². The van der Waals surface area contributed by atoms with Crippen molar-refractivity contribution in [3.8, 4) is 0 Å². The van der Waals surface area contributed by atoms with E-state index in [1.807, 2.05) is 4.40 Å². The van der Waals surface area contributed by atoms with Gasteiger partial charge in [-0.3, -0.25) is 4.40 Å². The smallest absolute Gasteiger partial charge is 0.257 e. The van der Waals surface area contributed by atoms with Crippen LogP contribution in [0.2, 0.25) is 0 Å². The maximum Gasteiger partial charge on any atom is 0.257 e. The van der Waals surface area contributed by atoms with Crippen molar-refractivity contribution in [1.29, 1.82) is 0 Å². The molecule has 0 aliphatic carbocycles. The lowest BCUT2D eigenvalue weighted by molar-refractivity contribution is 0.761. The fraction of sp³-hybridized carbons (Fsp3) is 0.167. The summed E-state index contributed by atoms with van der Waals surface area (Å²) in [5, 5.41) is 9.30. The van der Waals surface area contributed by atoms with Gasteiger partial charge in [0.05, 0.1) is 5.52 Å². The summed E-state index contributed by atoms with van der Waals surface area (Å²) in [6.07, 6.45) is 3.95. The number of hydrogen-bond donors (Lipinski definition) is 0. The number of anilines is 2. The van der Waals surface area contributed by atoms with Crippen molar-refractivity contribution in [1.82, 2.24) is 19.6 Å². The van der Waals surface area contributed by atoms with Crippen LogP contribution in [-0.2, 0) is 6.42 Å². The van der Waals surface area contributed by atoms with E-state index in [4.69, 9.17) is 4.98 Å². The molecular weight excluding hydrogens is 366 g/mol. The Morgan fingerprint density at radius 2 is 2.00 bits per heavy atom. The molecule has 118 valence electrons. The molecule has 2 aromatic heterocycles. The summed E-state index contributed by atoms with van der Waals surface area (Å²) in [6.45, 7) is 0.958. The molecule has 0 radical (unpaired) electrons. The predicted octanol–water partition coefficient (Wildman–Crippen LogP) is 4.12. The van der Waals surface area contributed by atoms with Gasteiger partial charge in [0.25, 0.3) is 5.78 Å². The van der Waals surface area contributed by atoms with Crippen LogP contribution in [0, 0.1) is 0 Å². The van der Waals surface area contributed by atoms with Crippen molar-refractivity contribution in [3.63, 3.8) is 0 Å². The molecule has 0 bridgehead atoms. The van der Waals surface area contributed by atoms with Gasteiger partial charge in [0.15, 0.2) is 0 Å². The van der Waals surface area contributed by atoms with E-state index >= 15 is 0 Å². The van der Waals surface area contributed by atoms with Gasteiger partial charge in [-0.2, -0.15) is 4.98 Å². The molecule has 4 aromatic rings. The number of aryl methyl sites for hydroxylation is 1. The molecule has 0 saturated heterocycles. The van der Waals surface area contributed by atoms with Gasteiger partial charge in [0.2, 0.25) is 0 Å². The van der Waals surface area contributed by atoms with Crippen LogP contribution in [0.3, 0.4) is 0 Å². The van der Waals surface area contributed by atoms with Gasteiger partial charge >= 0.3 is 0 Å². The van der Waals surface area contributed by atoms with Crippen molar-refractivity contribution in [2.75, 3.05) is 11.4 Å². The number of nitrogens with zero attached hydrogens (tertiary/aromatic N) is 5. The van der Waals surface area contributed by atoms with E-state index in [0.717, 1.165) is 40.6 Å². The number of halogens is 1. The lowest BCUT2D eigenvalue weighted by atomic mass is 10.0. The molecule has 24 heavy (non-hydrogen) atoms. The first-order valence-corrected chi connectivity index (χ1v) is 8.75. The van der Waals surface area contributed by atoms with Gasteiger partial charge < -0.3 is 4.90 Å². The molecule has 1 aliphatic heterocycles. The van der Waals surface area contributed by atoms with Crippen LogP contribution in [0.4, 0.5) is 11.5 Å². The zero-order valence-electron chi connectivity index (χ0n) is 12.9. The summed E-state index contributed by atoms with van der Waals surface area (Å²) in [5.74, 6) is 1.57. The van der Waals surface area contributed by atoms with Gasteiger partial charge in [-0.15, -0.1) is 10.2 Å². The van der Waals surface area contributed by atoms with Crippen LogP contribution in [0.1, 0.15) is 12.0 Å². The van der Waals surface area contributed by atoms with Crippen molar-refractivity contribution >= 4 is 44.1 Å². The third-order valence-corrected chi connectivity index (χ3v) is 5.06. The molecule has 5 rings (SSSR count). The Bertz CT molecular complexity index is 1070. The van der Waals surface area contributed by atoms with E-state index in [0.29, 0.717) is 5.78 Å². The summed E-state index contributed by atoms with van der Waals surface area (Å²) >= 11 is 3.56. The second-order valence-corrected chi connectivity index (χ2v) is 6.90. The molecule has 5 nitrogen and oxygen atoms in total. The SMILES string of the molecule is Brc1ccc2c(N3CCCc4ccccc43)nc3nncn3c2c1. The zero-order chi connectivity index (χ0) is 16.1. The molecule has 1 aliphatic rings.